The number of thioether (sulfide) groups is 1. The molecule has 0 saturated carbocycles. The van der Waals surface area contributed by atoms with Crippen LogP contribution in [0.3, 0.4) is 0 Å². The van der Waals surface area contributed by atoms with Crippen molar-refractivity contribution >= 4 is 23.4 Å². The van der Waals surface area contributed by atoms with Crippen LogP contribution in [0.25, 0.3) is 0 Å². The molecule has 1 aromatic carbocycles. The fraction of sp³-hybridized carbons (Fsp3) is 0.364. The van der Waals surface area contributed by atoms with E-state index in [-0.39, 0.29) is 0 Å². The van der Waals surface area contributed by atoms with Gasteiger partial charge in [0.1, 0.15) is 0 Å². The van der Waals surface area contributed by atoms with E-state index in [1.54, 1.807) is 23.9 Å². The third kappa shape index (κ3) is 1.95. The van der Waals surface area contributed by atoms with Gasteiger partial charge in [0.15, 0.2) is 0 Å². The van der Waals surface area contributed by atoms with Gasteiger partial charge in [0.05, 0.1) is 11.3 Å². The molecule has 1 aliphatic heterocycles. The number of fused-ring (bicyclic) bond motifs is 1. The van der Waals surface area contributed by atoms with Gasteiger partial charge in [-0.05, 0) is 25.1 Å². The van der Waals surface area contributed by atoms with E-state index in [0.29, 0.717) is 5.56 Å². The van der Waals surface area contributed by atoms with Crippen LogP contribution in [0.1, 0.15) is 17.3 Å². The van der Waals surface area contributed by atoms with Gasteiger partial charge < -0.3 is 10.0 Å². The number of anilines is 1. The summed E-state index contributed by atoms with van der Waals surface area (Å²) < 4.78 is 0. The zero-order chi connectivity index (χ0) is 10.8. The fourth-order valence-corrected chi connectivity index (χ4v) is 2.83. The van der Waals surface area contributed by atoms with Crippen molar-refractivity contribution in [2.75, 3.05) is 23.7 Å². The number of aromatic carboxylic acids is 1. The second-order valence-corrected chi connectivity index (χ2v) is 4.55. The van der Waals surface area contributed by atoms with Crippen molar-refractivity contribution in [1.82, 2.24) is 0 Å². The number of hydrogen-bond donors (Lipinski definition) is 1. The first-order valence-electron chi connectivity index (χ1n) is 4.97. The number of rotatable bonds is 2. The Bertz CT molecular complexity index is 392. The summed E-state index contributed by atoms with van der Waals surface area (Å²) in [4.78, 5) is 14.2. The Morgan fingerprint density at radius 3 is 3.07 bits per heavy atom. The number of hydrogen-bond acceptors (Lipinski definition) is 3. The molecule has 3 nitrogen and oxygen atoms in total. The van der Waals surface area contributed by atoms with Crippen LogP contribution < -0.4 is 4.90 Å². The van der Waals surface area contributed by atoms with E-state index in [1.165, 1.54) is 5.69 Å². The zero-order valence-corrected chi connectivity index (χ0v) is 9.38. The Hall–Kier alpha value is -1.16. The monoisotopic (exact) mass is 223 g/mol. The molecule has 0 unspecified atom stereocenters. The Kier molecular flexibility index (Phi) is 2.86. The van der Waals surface area contributed by atoms with E-state index in [2.05, 4.69) is 11.8 Å². The van der Waals surface area contributed by atoms with Gasteiger partial charge in [-0.15, -0.1) is 11.8 Å². The van der Waals surface area contributed by atoms with E-state index in [9.17, 15) is 4.79 Å². The predicted octanol–water partition coefficient (Wildman–Crippen LogP) is 2.32. The number of carboxylic acids is 1. The van der Waals surface area contributed by atoms with Gasteiger partial charge in [-0.25, -0.2) is 4.79 Å². The summed E-state index contributed by atoms with van der Waals surface area (Å²) in [6.45, 7) is 4.13. The van der Waals surface area contributed by atoms with Crippen LogP contribution in [0.2, 0.25) is 0 Å². The largest absolute Gasteiger partial charge is 0.478 e. The molecule has 0 aromatic heterocycles. The summed E-state index contributed by atoms with van der Waals surface area (Å²) in [5.41, 5.74) is 1.54. The molecule has 0 aliphatic carbocycles. The number of benzene rings is 1. The Labute approximate surface area is 93.1 Å². The van der Waals surface area contributed by atoms with Crippen LogP contribution in [0.15, 0.2) is 23.1 Å². The van der Waals surface area contributed by atoms with E-state index >= 15 is 0 Å². The minimum absolute atomic E-state index is 0.374. The molecule has 15 heavy (non-hydrogen) atoms. The Morgan fingerprint density at radius 1 is 1.60 bits per heavy atom. The lowest BCUT2D eigenvalue weighted by atomic mass is 10.2. The molecule has 4 heteroatoms. The van der Waals surface area contributed by atoms with Crippen LogP contribution in [0.4, 0.5) is 5.69 Å². The molecule has 1 aliphatic rings. The maximum absolute atomic E-state index is 10.8. The summed E-state index contributed by atoms with van der Waals surface area (Å²) in [7, 11) is 0. The van der Waals surface area contributed by atoms with Crippen LogP contribution in [-0.4, -0.2) is 29.9 Å². The molecule has 0 amide bonds. The summed E-state index contributed by atoms with van der Waals surface area (Å²) in [5.74, 6) is 0.177. The predicted molar refractivity (Wildman–Crippen MR) is 62.0 cm³/mol. The molecule has 2 rings (SSSR count). The lowest BCUT2D eigenvalue weighted by Crippen LogP contribution is -2.28. The molecular weight excluding hydrogens is 210 g/mol. The third-order valence-corrected chi connectivity index (χ3v) is 3.57. The first-order valence-corrected chi connectivity index (χ1v) is 5.96. The van der Waals surface area contributed by atoms with Crippen LogP contribution in [0, 0.1) is 0 Å². The number of nitrogens with zero attached hydrogens (tertiary/aromatic N) is 1. The molecule has 0 radical (unpaired) electrons. The number of carbonyl (C=O) groups is 1. The van der Waals surface area contributed by atoms with Gasteiger partial charge in [0, 0.05) is 23.7 Å². The van der Waals surface area contributed by atoms with Crippen LogP contribution in [-0.2, 0) is 0 Å². The van der Waals surface area contributed by atoms with E-state index < -0.39 is 5.97 Å². The smallest absolute Gasteiger partial charge is 0.335 e. The van der Waals surface area contributed by atoms with Crippen molar-refractivity contribution in [3.63, 3.8) is 0 Å². The average molecular weight is 223 g/mol. The first kappa shape index (κ1) is 10.4. The van der Waals surface area contributed by atoms with Crippen molar-refractivity contribution in [3.8, 4) is 0 Å². The standard InChI is InChI=1S/C11H13NO2S/c1-2-12-5-6-15-10-7-8(11(13)14)3-4-9(10)12/h3-4,7H,2,5-6H2,1H3,(H,13,14). The van der Waals surface area contributed by atoms with Gasteiger partial charge in [-0.2, -0.15) is 0 Å². The van der Waals surface area contributed by atoms with Crippen molar-refractivity contribution in [2.45, 2.75) is 11.8 Å². The van der Waals surface area contributed by atoms with Crippen molar-refractivity contribution in [2.24, 2.45) is 0 Å². The van der Waals surface area contributed by atoms with Crippen LogP contribution in [0.5, 0.6) is 0 Å². The van der Waals surface area contributed by atoms with Crippen molar-refractivity contribution in [1.29, 1.82) is 0 Å². The molecule has 0 saturated heterocycles. The third-order valence-electron chi connectivity index (χ3n) is 2.55. The second-order valence-electron chi connectivity index (χ2n) is 3.42. The normalized spacial score (nSPS) is 14.9. The number of carboxylic acid groups (broad SMARTS) is 1. The zero-order valence-electron chi connectivity index (χ0n) is 8.56. The summed E-state index contributed by atoms with van der Waals surface area (Å²) in [6.07, 6.45) is 0. The molecule has 0 atom stereocenters. The van der Waals surface area contributed by atoms with Gasteiger partial charge in [-0.3, -0.25) is 0 Å². The summed E-state index contributed by atoms with van der Waals surface area (Å²) in [6, 6.07) is 5.36. The molecule has 0 fully saturated rings. The SMILES string of the molecule is CCN1CCSc2cc(C(=O)O)ccc21. The van der Waals surface area contributed by atoms with E-state index in [1.807, 2.05) is 6.07 Å². The average Bonchev–Trinajstić information content (AvgIpc) is 2.27. The quantitative estimate of drug-likeness (QED) is 0.835. The maximum Gasteiger partial charge on any atom is 0.335 e. The summed E-state index contributed by atoms with van der Waals surface area (Å²) in [5, 5.41) is 8.89. The minimum atomic E-state index is -0.855. The highest BCUT2D eigenvalue weighted by molar-refractivity contribution is 7.99. The fourth-order valence-electron chi connectivity index (χ4n) is 1.74. The topological polar surface area (TPSA) is 40.5 Å². The summed E-state index contributed by atoms with van der Waals surface area (Å²) >= 11 is 1.73. The molecule has 0 bridgehead atoms. The molecular formula is C11H13NO2S. The second kappa shape index (κ2) is 4.14. The molecule has 1 N–H and O–H groups in total. The van der Waals surface area contributed by atoms with Crippen LogP contribution >= 0.6 is 11.8 Å². The van der Waals surface area contributed by atoms with Gasteiger partial charge in [0.25, 0.3) is 0 Å². The maximum atomic E-state index is 10.8. The lowest BCUT2D eigenvalue weighted by Gasteiger charge is -2.29. The molecule has 1 aromatic rings. The Balaban J connectivity index is 2.40. The van der Waals surface area contributed by atoms with Gasteiger partial charge >= 0.3 is 5.97 Å². The van der Waals surface area contributed by atoms with Crippen molar-refractivity contribution < 1.29 is 9.90 Å². The van der Waals surface area contributed by atoms with Gasteiger partial charge in [-0.1, -0.05) is 0 Å². The minimum Gasteiger partial charge on any atom is -0.478 e. The lowest BCUT2D eigenvalue weighted by molar-refractivity contribution is 0.0696. The van der Waals surface area contributed by atoms with E-state index in [0.717, 1.165) is 23.7 Å². The first-order chi connectivity index (χ1) is 7.22. The van der Waals surface area contributed by atoms with E-state index in [4.69, 9.17) is 5.11 Å². The van der Waals surface area contributed by atoms with Crippen molar-refractivity contribution in [3.05, 3.63) is 23.8 Å². The highest BCUT2D eigenvalue weighted by atomic mass is 32.2. The molecule has 1 heterocycles. The highest BCUT2D eigenvalue weighted by Crippen LogP contribution is 2.35. The highest BCUT2D eigenvalue weighted by Gasteiger charge is 2.17. The van der Waals surface area contributed by atoms with Gasteiger partial charge in [0.2, 0.25) is 0 Å². The molecule has 80 valence electrons. The molecule has 0 spiro atoms. The Morgan fingerprint density at radius 2 is 2.40 bits per heavy atom.